The summed E-state index contributed by atoms with van der Waals surface area (Å²) in [5.41, 5.74) is 13.6. The molecule has 0 spiro atoms. The second-order valence-electron chi connectivity index (χ2n) is 5.12. The maximum atomic E-state index is 5.92. The van der Waals surface area contributed by atoms with Crippen molar-refractivity contribution in [2.75, 3.05) is 6.61 Å². The Balaban J connectivity index is 2.15. The van der Waals surface area contributed by atoms with E-state index in [4.69, 9.17) is 20.9 Å². The zero-order valence-corrected chi connectivity index (χ0v) is 13.9. The zero-order valence-electron chi connectivity index (χ0n) is 13.9. The molecular weight excluding hydrogens is 304 g/mol. The van der Waals surface area contributed by atoms with Crippen LogP contribution < -0.4 is 20.9 Å². The van der Waals surface area contributed by atoms with Crippen molar-refractivity contribution in [3.8, 4) is 11.5 Å². The molecule has 0 atom stereocenters. The van der Waals surface area contributed by atoms with Gasteiger partial charge in [0.15, 0.2) is 11.5 Å². The lowest BCUT2D eigenvalue weighted by atomic mass is 10.1. The van der Waals surface area contributed by atoms with E-state index in [1.54, 1.807) is 6.21 Å². The lowest BCUT2D eigenvalue weighted by Crippen LogP contribution is -2.21. The van der Waals surface area contributed by atoms with Crippen molar-refractivity contribution in [2.24, 2.45) is 21.7 Å². The maximum absolute atomic E-state index is 5.92. The van der Waals surface area contributed by atoms with Crippen LogP contribution in [0.5, 0.6) is 11.5 Å². The minimum absolute atomic E-state index is 0.0885. The highest BCUT2D eigenvalue weighted by Gasteiger charge is 2.07. The Morgan fingerprint density at radius 3 is 2.58 bits per heavy atom. The molecule has 2 aromatic carbocycles. The molecule has 0 fully saturated rings. The number of guanidine groups is 1. The molecule has 24 heavy (non-hydrogen) atoms. The molecule has 0 unspecified atom stereocenters. The number of nitrogens with zero attached hydrogens (tertiary/aromatic N) is 2. The van der Waals surface area contributed by atoms with Crippen molar-refractivity contribution in [3.05, 3.63) is 59.2 Å². The molecule has 0 aliphatic carbocycles. The van der Waals surface area contributed by atoms with Crippen LogP contribution in [0.1, 0.15) is 23.6 Å². The minimum Gasteiger partial charge on any atom is -0.490 e. The lowest BCUT2D eigenvalue weighted by molar-refractivity contribution is 0.269. The summed E-state index contributed by atoms with van der Waals surface area (Å²) in [6.07, 6.45) is 1.55. The summed E-state index contributed by atoms with van der Waals surface area (Å²) in [6.45, 7) is 5.00. The number of hydrogen-bond acceptors (Lipinski definition) is 4. The summed E-state index contributed by atoms with van der Waals surface area (Å²) in [6, 6.07) is 13.7. The van der Waals surface area contributed by atoms with Crippen LogP contribution in [0.25, 0.3) is 0 Å². The Morgan fingerprint density at radius 2 is 1.88 bits per heavy atom. The summed E-state index contributed by atoms with van der Waals surface area (Å²) in [5.74, 6) is 1.24. The van der Waals surface area contributed by atoms with Crippen molar-refractivity contribution in [3.63, 3.8) is 0 Å². The van der Waals surface area contributed by atoms with Crippen molar-refractivity contribution in [1.29, 1.82) is 0 Å². The highest BCUT2D eigenvalue weighted by Crippen LogP contribution is 2.29. The van der Waals surface area contributed by atoms with Gasteiger partial charge < -0.3 is 20.9 Å². The van der Waals surface area contributed by atoms with Crippen LogP contribution in [-0.4, -0.2) is 18.8 Å². The van der Waals surface area contributed by atoms with Gasteiger partial charge in [-0.1, -0.05) is 24.3 Å². The summed E-state index contributed by atoms with van der Waals surface area (Å²) >= 11 is 0. The Bertz CT molecular complexity index is 738. The molecule has 2 aromatic rings. The van der Waals surface area contributed by atoms with Gasteiger partial charge in [0.05, 0.1) is 12.8 Å². The predicted molar refractivity (Wildman–Crippen MR) is 96.5 cm³/mol. The second kappa shape index (κ2) is 8.57. The number of rotatable bonds is 7. The van der Waals surface area contributed by atoms with E-state index in [9.17, 15) is 0 Å². The van der Waals surface area contributed by atoms with E-state index in [1.807, 2.05) is 43.3 Å². The lowest BCUT2D eigenvalue weighted by Gasteiger charge is -2.13. The normalized spacial score (nSPS) is 10.6. The summed E-state index contributed by atoms with van der Waals surface area (Å²) in [4.78, 5) is 0. The van der Waals surface area contributed by atoms with Gasteiger partial charge in [-0.2, -0.15) is 5.10 Å². The third kappa shape index (κ3) is 5.01. The Hall–Kier alpha value is -3.02. The van der Waals surface area contributed by atoms with E-state index < -0.39 is 0 Å². The first-order chi connectivity index (χ1) is 11.6. The summed E-state index contributed by atoms with van der Waals surface area (Å²) < 4.78 is 11.6. The van der Waals surface area contributed by atoms with Crippen molar-refractivity contribution in [2.45, 2.75) is 20.5 Å². The molecule has 0 bridgehead atoms. The van der Waals surface area contributed by atoms with Gasteiger partial charge in [-0.25, -0.2) is 0 Å². The largest absolute Gasteiger partial charge is 0.490 e. The van der Waals surface area contributed by atoms with Gasteiger partial charge in [-0.15, -0.1) is 5.10 Å². The first kappa shape index (κ1) is 17.3. The van der Waals surface area contributed by atoms with E-state index in [-0.39, 0.29) is 5.96 Å². The Labute approximate surface area is 141 Å². The zero-order chi connectivity index (χ0) is 17.4. The standard InChI is InChI=1S/C18H22N4O2/c1-3-23-17-10-14(11-21-22-18(19)20)8-9-16(17)24-12-15-7-5-4-6-13(15)2/h4-11H,3,12H2,1-2H3,(H4,19,20,22). The summed E-state index contributed by atoms with van der Waals surface area (Å²) in [7, 11) is 0. The molecule has 6 heteroatoms. The van der Waals surface area contributed by atoms with Gasteiger partial charge in [-0.3, -0.25) is 0 Å². The van der Waals surface area contributed by atoms with Gasteiger partial charge in [0.1, 0.15) is 6.61 Å². The van der Waals surface area contributed by atoms with Crippen molar-refractivity contribution >= 4 is 12.2 Å². The van der Waals surface area contributed by atoms with Crippen LogP contribution in [-0.2, 0) is 6.61 Å². The number of nitrogens with two attached hydrogens (primary N) is 2. The number of hydrogen-bond donors (Lipinski definition) is 2. The number of aryl methyl sites for hydroxylation is 1. The number of benzene rings is 2. The molecule has 0 saturated heterocycles. The third-order valence-electron chi connectivity index (χ3n) is 3.29. The average molecular weight is 326 g/mol. The quantitative estimate of drug-likeness (QED) is 0.464. The van der Waals surface area contributed by atoms with Crippen LogP contribution in [0.2, 0.25) is 0 Å². The molecule has 126 valence electrons. The van der Waals surface area contributed by atoms with Gasteiger partial charge in [0.25, 0.3) is 0 Å². The molecule has 6 nitrogen and oxygen atoms in total. The first-order valence-electron chi connectivity index (χ1n) is 7.66. The molecular formula is C18H22N4O2. The summed E-state index contributed by atoms with van der Waals surface area (Å²) in [5, 5.41) is 7.37. The fourth-order valence-electron chi connectivity index (χ4n) is 2.08. The highest BCUT2D eigenvalue weighted by molar-refractivity contribution is 5.82. The molecule has 0 heterocycles. The van der Waals surface area contributed by atoms with Crippen LogP contribution >= 0.6 is 0 Å². The molecule has 0 aromatic heterocycles. The third-order valence-corrected chi connectivity index (χ3v) is 3.29. The van der Waals surface area contributed by atoms with E-state index >= 15 is 0 Å². The Morgan fingerprint density at radius 1 is 1.08 bits per heavy atom. The van der Waals surface area contributed by atoms with E-state index in [2.05, 4.69) is 23.2 Å². The van der Waals surface area contributed by atoms with E-state index in [0.29, 0.717) is 24.7 Å². The smallest absolute Gasteiger partial charge is 0.211 e. The van der Waals surface area contributed by atoms with Crippen molar-refractivity contribution in [1.82, 2.24) is 0 Å². The molecule has 4 N–H and O–H groups in total. The molecule has 0 saturated carbocycles. The van der Waals surface area contributed by atoms with E-state index in [1.165, 1.54) is 5.56 Å². The average Bonchev–Trinajstić information content (AvgIpc) is 2.55. The maximum Gasteiger partial charge on any atom is 0.211 e. The highest BCUT2D eigenvalue weighted by atomic mass is 16.5. The van der Waals surface area contributed by atoms with Gasteiger partial charge >= 0.3 is 0 Å². The van der Waals surface area contributed by atoms with Crippen LogP contribution in [0, 0.1) is 6.92 Å². The van der Waals surface area contributed by atoms with Gasteiger partial charge in [0, 0.05) is 0 Å². The minimum atomic E-state index is -0.0885. The monoisotopic (exact) mass is 326 g/mol. The first-order valence-corrected chi connectivity index (χ1v) is 7.66. The molecule has 0 aliphatic heterocycles. The van der Waals surface area contributed by atoms with Gasteiger partial charge in [0.2, 0.25) is 5.96 Å². The fraction of sp³-hybridized carbons (Fsp3) is 0.222. The van der Waals surface area contributed by atoms with Gasteiger partial charge in [-0.05, 0) is 48.7 Å². The fourth-order valence-corrected chi connectivity index (χ4v) is 2.08. The Kier molecular flexibility index (Phi) is 6.19. The molecule has 2 rings (SSSR count). The molecule has 0 aliphatic rings. The van der Waals surface area contributed by atoms with Crippen LogP contribution in [0.3, 0.4) is 0 Å². The second-order valence-corrected chi connectivity index (χ2v) is 5.12. The molecule has 0 radical (unpaired) electrons. The van der Waals surface area contributed by atoms with E-state index in [0.717, 1.165) is 11.1 Å². The topological polar surface area (TPSA) is 95.2 Å². The van der Waals surface area contributed by atoms with Crippen LogP contribution in [0.15, 0.2) is 52.7 Å². The van der Waals surface area contributed by atoms with Crippen LogP contribution in [0.4, 0.5) is 0 Å². The van der Waals surface area contributed by atoms with Crippen molar-refractivity contribution < 1.29 is 9.47 Å². The number of ether oxygens (including phenoxy) is 2. The SMILES string of the molecule is CCOc1cc(C=NN=C(N)N)ccc1OCc1ccccc1C. The predicted octanol–water partition coefficient (Wildman–Crippen LogP) is 2.58. The molecule has 0 amide bonds.